The molecule has 0 spiro atoms. The fourth-order valence-corrected chi connectivity index (χ4v) is 4.25. The normalized spacial score (nSPS) is 19.7. The van der Waals surface area contributed by atoms with Gasteiger partial charge >= 0.3 is 6.18 Å². The minimum absolute atomic E-state index is 0.381. The van der Waals surface area contributed by atoms with E-state index in [4.69, 9.17) is 0 Å². The highest BCUT2D eigenvalue weighted by Crippen LogP contribution is 2.37. The summed E-state index contributed by atoms with van der Waals surface area (Å²) < 4.78 is 37.3. The van der Waals surface area contributed by atoms with Crippen LogP contribution in [0.1, 0.15) is 70.4 Å². The van der Waals surface area contributed by atoms with Crippen LogP contribution in [0.25, 0.3) is 0 Å². The molecule has 1 N–H and O–H groups in total. The molecule has 2 saturated carbocycles. The molecule has 0 aliphatic heterocycles. The number of benzene rings is 1. The fourth-order valence-electron chi connectivity index (χ4n) is 4.25. The monoisotopic (exact) mass is 493 g/mol. The average Bonchev–Trinajstić information content (AvgIpc) is 2.72. The van der Waals surface area contributed by atoms with Crippen LogP contribution in [0.3, 0.4) is 0 Å². The fraction of sp³-hybridized carbons (Fsp3) is 0.621. The molecule has 35 heavy (non-hydrogen) atoms. The summed E-state index contributed by atoms with van der Waals surface area (Å²) in [6.45, 7) is 14.2. The molecule has 0 amide bonds. The molecule has 0 unspecified atom stereocenters. The molecule has 0 aromatic heterocycles. The van der Waals surface area contributed by atoms with Gasteiger partial charge in [0.05, 0.1) is 12.1 Å². The van der Waals surface area contributed by atoms with Crippen LogP contribution in [0.5, 0.6) is 0 Å². The van der Waals surface area contributed by atoms with Crippen LogP contribution in [0.4, 0.5) is 13.2 Å². The zero-order valence-electron chi connectivity index (χ0n) is 22.4. The summed E-state index contributed by atoms with van der Waals surface area (Å²) in [5.74, 6) is 1.58. The van der Waals surface area contributed by atoms with Gasteiger partial charge in [-0.05, 0) is 87.2 Å². The Balaban J connectivity index is 0.000000433. The molecule has 6 heteroatoms. The van der Waals surface area contributed by atoms with Crippen LogP contribution < -0.4 is 5.32 Å². The largest absolute Gasteiger partial charge is 0.393 e. The van der Waals surface area contributed by atoms with E-state index >= 15 is 0 Å². The molecule has 0 radical (unpaired) electrons. The van der Waals surface area contributed by atoms with Gasteiger partial charge in [-0.3, -0.25) is 4.99 Å². The molecule has 2 aliphatic rings. The third-order valence-corrected chi connectivity index (χ3v) is 6.36. The molecule has 0 saturated heterocycles. The van der Waals surface area contributed by atoms with Crippen molar-refractivity contribution in [2.45, 2.75) is 84.4 Å². The van der Waals surface area contributed by atoms with Crippen molar-refractivity contribution in [2.24, 2.45) is 16.8 Å². The van der Waals surface area contributed by atoms with E-state index in [9.17, 15) is 13.2 Å². The van der Waals surface area contributed by atoms with Crippen molar-refractivity contribution in [2.75, 3.05) is 20.6 Å². The minimum atomic E-state index is -4.12. The number of hydrogen-bond donors (Lipinski definition) is 1. The van der Waals surface area contributed by atoms with Gasteiger partial charge in [-0.15, -0.1) is 0 Å². The van der Waals surface area contributed by atoms with Crippen LogP contribution in [-0.4, -0.2) is 44.5 Å². The number of nitrogens with zero attached hydrogens (tertiary/aromatic N) is 2. The van der Waals surface area contributed by atoms with Gasteiger partial charge in [0, 0.05) is 26.3 Å². The van der Waals surface area contributed by atoms with Crippen molar-refractivity contribution in [1.82, 2.24) is 10.2 Å². The number of aliphatic imine (C=N–C) groups is 1. The zero-order chi connectivity index (χ0) is 26.4. The number of hydrogen-bond acceptors (Lipinski definition) is 3. The Morgan fingerprint density at radius 1 is 1.14 bits per heavy atom. The lowest BCUT2D eigenvalue weighted by atomic mass is 9.72. The van der Waals surface area contributed by atoms with E-state index in [2.05, 4.69) is 23.6 Å². The molecule has 1 aromatic carbocycles. The second-order valence-corrected chi connectivity index (χ2v) is 9.81. The summed E-state index contributed by atoms with van der Waals surface area (Å²) >= 11 is 0. The van der Waals surface area contributed by atoms with Gasteiger partial charge in [0.15, 0.2) is 0 Å². The van der Waals surface area contributed by atoms with Crippen molar-refractivity contribution in [3.63, 3.8) is 0 Å². The van der Waals surface area contributed by atoms with E-state index in [1.165, 1.54) is 32.1 Å². The molecular formula is C29H46F3N3. The second-order valence-electron chi connectivity index (χ2n) is 9.81. The Hall–Kier alpha value is -2.08. The van der Waals surface area contributed by atoms with E-state index in [0.717, 1.165) is 54.1 Å². The highest BCUT2D eigenvalue weighted by molar-refractivity contribution is 5.36. The zero-order valence-corrected chi connectivity index (χ0v) is 22.4. The summed E-state index contributed by atoms with van der Waals surface area (Å²) in [7, 11) is 3.88. The number of aryl methyl sites for hydroxylation is 1. The standard InChI is InChI=1S/C19H26F3N.C8H14N2.C2H6/c20-19(21,22)12-16-4-1-3-14(9-16)7-8-15-10-17(11-15)13-23-18-5-2-6-18;1-7(2)8(9-3)6-10(4)5;1-2/h1,3-4,9,15,17-18,23H,2,5-8,10-13H2;6H,1,3H2,2,4-5H3;1-2H3/b;8-6-;. The van der Waals surface area contributed by atoms with E-state index in [-0.39, 0.29) is 0 Å². The smallest absolute Gasteiger partial charge is 0.382 e. The first-order chi connectivity index (χ1) is 16.6. The minimum Gasteiger partial charge on any atom is -0.382 e. The van der Waals surface area contributed by atoms with E-state index in [1.54, 1.807) is 18.2 Å². The topological polar surface area (TPSA) is 27.6 Å². The van der Waals surface area contributed by atoms with Gasteiger partial charge in [0.2, 0.25) is 0 Å². The van der Waals surface area contributed by atoms with Gasteiger partial charge in [-0.1, -0.05) is 51.1 Å². The maximum absolute atomic E-state index is 12.4. The molecule has 2 aliphatic carbocycles. The number of alkyl halides is 3. The number of halogens is 3. The molecule has 198 valence electrons. The molecule has 0 bridgehead atoms. The van der Waals surface area contributed by atoms with Crippen LogP contribution in [0.2, 0.25) is 0 Å². The van der Waals surface area contributed by atoms with Crippen molar-refractivity contribution in [3.05, 3.63) is 59.4 Å². The highest BCUT2D eigenvalue weighted by atomic mass is 19.4. The first kappa shape index (κ1) is 31.0. The lowest BCUT2D eigenvalue weighted by Crippen LogP contribution is -2.41. The number of rotatable bonds is 10. The van der Waals surface area contributed by atoms with Crippen molar-refractivity contribution >= 4 is 6.72 Å². The third kappa shape index (κ3) is 13.0. The summed E-state index contributed by atoms with van der Waals surface area (Å²) in [6.07, 6.45) is 5.56. The quantitative estimate of drug-likeness (QED) is 0.269. The van der Waals surface area contributed by atoms with Crippen LogP contribution in [0.15, 0.2) is 53.3 Å². The highest BCUT2D eigenvalue weighted by Gasteiger charge is 2.30. The Morgan fingerprint density at radius 2 is 1.77 bits per heavy atom. The molecule has 0 atom stereocenters. The summed E-state index contributed by atoms with van der Waals surface area (Å²) in [5.41, 5.74) is 3.20. The van der Waals surface area contributed by atoms with Crippen molar-refractivity contribution in [3.8, 4) is 0 Å². The van der Waals surface area contributed by atoms with Crippen molar-refractivity contribution < 1.29 is 13.2 Å². The predicted molar refractivity (Wildman–Crippen MR) is 144 cm³/mol. The summed E-state index contributed by atoms with van der Waals surface area (Å²) in [4.78, 5) is 5.71. The van der Waals surface area contributed by atoms with Gasteiger partial charge in [-0.2, -0.15) is 13.2 Å². The van der Waals surface area contributed by atoms with E-state index in [1.807, 2.05) is 52.0 Å². The average molecular weight is 494 g/mol. The van der Waals surface area contributed by atoms with E-state index in [0.29, 0.717) is 5.56 Å². The van der Waals surface area contributed by atoms with Gasteiger partial charge in [-0.25, -0.2) is 0 Å². The number of allylic oxidation sites excluding steroid dienone is 1. The molecule has 1 aromatic rings. The maximum atomic E-state index is 12.4. The summed E-state index contributed by atoms with van der Waals surface area (Å²) in [6, 6.07) is 7.77. The van der Waals surface area contributed by atoms with Crippen molar-refractivity contribution in [1.29, 1.82) is 0 Å². The molecule has 3 nitrogen and oxygen atoms in total. The SMILES string of the molecule is C=N/C(=C\N(C)C)C(=C)C.CC.FC(F)(F)Cc1cccc(CCC2CC(CNC3CCC3)C2)c1. The Kier molecular flexibility index (Phi) is 14.0. The van der Waals surface area contributed by atoms with Crippen LogP contribution in [0, 0.1) is 11.8 Å². The third-order valence-electron chi connectivity index (χ3n) is 6.36. The van der Waals surface area contributed by atoms with E-state index < -0.39 is 12.6 Å². The Bertz CT molecular complexity index is 789. The van der Waals surface area contributed by atoms with Gasteiger partial charge < -0.3 is 10.2 Å². The Morgan fingerprint density at radius 3 is 2.23 bits per heavy atom. The lowest BCUT2D eigenvalue weighted by Gasteiger charge is -2.38. The molecule has 3 rings (SSSR count). The Labute approximate surface area is 211 Å². The van der Waals surface area contributed by atoms with Crippen LogP contribution >= 0.6 is 0 Å². The molecular weight excluding hydrogens is 447 g/mol. The molecule has 0 heterocycles. The van der Waals surface area contributed by atoms with Crippen LogP contribution in [-0.2, 0) is 12.8 Å². The lowest BCUT2D eigenvalue weighted by molar-refractivity contribution is -0.127. The maximum Gasteiger partial charge on any atom is 0.393 e. The molecule has 2 fully saturated rings. The van der Waals surface area contributed by atoms with Gasteiger partial charge in [0.1, 0.15) is 0 Å². The second kappa shape index (κ2) is 15.8. The number of nitrogens with one attached hydrogen (secondary N) is 1. The summed E-state index contributed by atoms with van der Waals surface area (Å²) in [5, 5.41) is 3.64. The predicted octanol–water partition coefficient (Wildman–Crippen LogP) is 7.58. The van der Waals surface area contributed by atoms with Gasteiger partial charge in [0.25, 0.3) is 0 Å². The first-order valence-corrected chi connectivity index (χ1v) is 12.9. The first-order valence-electron chi connectivity index (χ1n) is 12.9.